The lowest BCUT2D eigenvalue weighted by Gasteiger charge is -2.45. The summed E-state index contributed by atoms with van der Waals surface area (Å²) in [7, 11) is 0. The van der Waals surface area contributed by atoms with Crippen LogP contribution in [0.3, 0.4) is 0 Å². The third kappa shape index (κ3) is 2.67. The molecular weight excluding hydrogens is 157 g/mol. The Morgan fingerprint density at radius 1 is 1.45 bits per heavy atom. The predicted octanol–water partition coefficient (Wildman–Crippen LogP) is 0.582. The third-order valence-corrected chi connectivity index (χ3v) is 1.57. The van der Waals surface area contributed by atoms with E-state index in [1.807, 2.05) is 0 Å². The third-order valence-electron chi connectivity index (χ3n) is 1.57. The SMILES string of the molecule is CC1(N)CN(CC(F)(F)F)C1. The zero-order valence-corrected chi connectivity index (χ0v) is 6.28. The number of likely N-dealkylation sites (tertiary alicyclic amines) is 1. The van der Waals surface area contributed by atoms with Crippen LogP contribution in [-0.2, 0) is 0 Å². The van der Waals surface area contributed by atoms with Gasteiger partial charge in [0.15, 0.2) is 0 Å². The monoisotopic (exact) mass is 168 g/mol. The zero-order valence-electron chi connectivity index (χ0n) is 6.28. The maximum atomic E-state index is 11.7. The highest BCUT2D eigenvalue weighted by Gasteiger charge is 2.41. The molecule has 1 rings (SSSR count). The van der Waals surface area contributed by atoms with Gasteiger partial charge in [-0.1, -0.05) is 0 Å². The molecule has 0 aromatic carbocycles. The van der Waals surface area contributed by atoms with Crippen molar-refractivity contribution < 1.29 is 13.2 Å². The minimum Gasteiger partial charge on any atom is -0.323 e. The molecule has 0 atom stereocenters. The van der Waals surface area contributed by atoms with Gasteiger partial charge in [-0.05, 0) is 6.92 Å². The second-order valence-electron chi connectivity index (χ2n) is 3.41. The Bertz CT molecular complexity index is 144. The first kappa shape index (κ1) is 8.80. The van der Waals surface area contributed by atoms with Crippen molar-refractivity contribution in [1.82, 2.24) is 4.90 Å². The molecule has 11 heavy (non-hydrogen) atoms. The van der Waals surface area contributed by atoms with Crippen LogP contribution in [0.1, 0.15) is 6.92 Å². The first-order valence-electron chi connectivity index (χ1n) is 3.36. The van der Waals surface area contributed by atoms with Gasteiger partial charge in [0.1, 0.15) is 0 Å². The van der Waals surface area contributed by atoms with Crippen molar-refractivity contribution in [2.45, 2.75) is 18.6 Å². The lowest BCUT2D eigenvalue weighted by Crippen LogP contribution is -2.66. The van der Waals surface area contributed by atoms with Gasteiger partial charge < -0.3 is 5.73 Å². The maximum Gasteiger partial charge on any atom is 0.401 e. The lowest BCUT2D eigenvalue weighted by molar-refractivity contribution is -0.159. The Kier molecular flexibility index (Phi) is 1.88. The van der Waals surface area contributed by atoms with Crippen molar-refractivity contribution in [1.29, 1.82) is 0 Å². The minimum absolute atomic E-state index is 0.340. The molecule has 0 unspecified atom stereocenters. The van der Waals surface area contributed by atoms with E-state index in [1.54, 1.807) is 6.92 Å². The standard InChI is InChI=1S/C6H11F3N2/c1-5(10)2-11(3-5)4-6(7,8)9/h2-4,10H2,1H3. The van der Waals surface area contributed by atoms with Crippen LogP contribution in [0.4, 0.5) is 13.2 Å². The largest absolute Gasteiger partial charge is 0.401 e. The quantitative estimate of drug-likeness (QED) is 0.620. The number of hydrogen-bond acceptors (Lipinski definition) is 2. The van der Waals surface area contributed by atoms with E-state index in [1.165, 1.54) is 4.90 Å². The van der Waals surface area contributed by atoms with Crippen molar-refractivity contribution in [3.05, 3.63) is 0 Å². The number of halogens is 3. The van der Waals surface area contributed by atoms with E-state index in [4.69, 9.17) is 5.73 Å². The average molecular weight is 168 g/mol. The first-order chi connectivity index (χ1) is 4.79. The highest BCUT2D eigenvalue weighted by molar-refractivity contribution is 4.96. The molecule has 0 saturated carbocycles. The van der Waals surface area contributed by atoms with Crippen LogP contribution in [0.5, 0.6) is 0 Å². The molecule has 0 bridgehead atoms. The number of nitrogens with two attached hydrogens (primary N) is 1. The van der Waals surface area contributed by atoms with Gasteiger partial charge in [0.25, 0.3) is 0 Å². The Hall–Kier alpha value is -0.290. The molecule has 0 aliphatic carbocycles. The van der Waals surface area contributed by atoms with Gasteiger partial charge in [0.05, 0.1) is 6.54 Å². The summed E-state index contributed by atoms with van der Waals surface area (Å²) in [6.45, 7) is 1.60. The van der Waals surface area contributed by atoms with Crippen LogP contribution >= 0.6 is 0 Å². The van der Waals surface area contributed by atoms with Crippen molar-refractivity contribution in [3.8, 4) is 0 Å². The van der Waals surface area contributed by atoms with Crippen molar-refractivity contribution in [3.63, 3.8) is 0 Å². The molecule has 0 aromatic rings. The fourth-order valence-electron chi connectivity index (χ4n) is 1.34. The van der Waals surface area contributed by atoms with E-state index < -0.39 is 18.3 Å². The molecule has 2 nitrogen and oxygen atoms in total. The highest BCUT2D eigenvalue weighted by atomic mass is 19.4. The van der Waals surface area contributed by atoms with Crippen LogP contribution in [-0.4, -0.2) is 36.2 Å². The summed E-state index contributed by atoms with van der Waals surface area (Å²) in [5.74, 6) is 0. The highest BCUT2D eigenvalue weighted by Crippen LogP contribution is 2.23. The van der Waals surface area contributed by atoms with Crippen molar-refractivity contribution in [2.24, 2.45) is 5.73 Å². The number of rotatable bonds is 1. The summed E-state index contributed by atoms with van der Waals surface area (Å²) in [4.78, 5) is 1.29. The predicted molar refractivity (Wildman–Crippen MR) is 35.1 cm³/mol. The summed E-state index contributed by atoms with van der Waals surface area (Å²) in [5, 5.41) is 0. The Morgan fingerprint density at radius 2 is 1.91 bits per heavy atom. The van der Waals surface area contributed by atoms with Gasteiger partial charge in [-0.15, -0.1) is 0 Å². The molecule has 1 fully saturated rings. The van der Waals surface area contributed by atoms with Gasteiger partial charge in [-0.2, -0.15) is 13.2 Å². The molecule has 1 aliphatic rings. The minimum atomic E-state index is -4.09. The number of alkyl halides is 3. The Morgan fingerprint density at radius 3 is 2.18 bits per heavy atom. The Balaban J connectivity index is 2.24. The topological polar surface area (TPSA) is 29.3 Å². The van der Waals surface area contributed by atoms with Crippen LogP contribution in [0.25, 0.3) is 0 Å². The molecule has 0 amide bonds. The Labute approximate surface area is 63.2 Å². The van der Waals surface area contributed by atoms with E-state index in [9.17, 15) is 13.2 Å². The van der Waals surface area contributed by atoms with E-state index in [0.29, 0.717) is 13.1 Å². The molecule has 1 aliphatic heterocycles. The number of hydrogen-bond donors (Lipinski definition) is 1. The molecular formula is C6H11F3N2. The second kappa shape index (κ2) is 2.35. The van der Waals surface area contributed by atoms with E-state index in [-0.39, 0.29) is 0 Å². The molecule has 0 radical (unpaired) electrons. The van der Waals surface area contributed by atoms with E-state index in [2.05, 4.69) is 0 Å². The van der Waals surface area contributed by atoms with E-state index >= 15 is 0 Å². The maximum absolute atomic E-state index is 11.7. The second-order valence-corrected chi connectivity index (χ2v) is 3.41. The number of nitrogens with zero attached hydrogens (tertiary/aromatic N) is 1. The summed E-state index contributed by atoms with van der Waals surface area (Å²) in [6.07, 6.45) is -4.09. The van der Waals surface area contributed by atoms with E-state index in [0.717, 1.165) is 0 Å². The molecule has 0 spiro atoms. The van der Waals surface area contributed by atoms with Gasteiger partial charge in [0, 0.05) is 18.6 Å². The lowest BCUT2D eigenvalue weighted by atomic mass is 9.94. The smallest absolute Gasteiger partial charge is 0.323 e. The molecule has 1 heterocycles. The normalized spacial score (nSPS) is 24.8. The fraction of sp³-hybridized carbons (Fsp3) is 1.00. The van der Waals surface area contributed by atoms with Crippen LogP contribution in [0.2, 0.25) is 0 Å². The average Bonchev–Trinajstić information content (AvgIpc) is 1.53. The fourth-order valence-corrected chi connectivity index (χ4v) is 1.34. The van der Waals surface area contributed by atoms with Gasteiger partial charge in [-0.3, -0.25) is 4.90 Å². The summed E-state index contributed by atoms with van der Waals surface area (Å²) in [6, 6.07) is 0. The van der Waals surface area contributed by atoms with Gasteiger partial charge in [0.2, 0.25) is 0 Å². The molecule has 1 saturated heterocycles. The molecule has 2 N–H and O–H groups in total. The van der Waals surface area contributed by atoms with Gasteiger partial charge >= 0.3 is 6.18 Å². The molecule has 5 heteroatoms. The van der Waals surface area contributed by atoms with Crippen LogP contribution in [0.15, 0.2) is 0 Å². The summed E-state index contributed by atoms with van der Waals surface area (Å²) < 4.78 is 35.1. The zero-order chi connectivity index (χ0) is 8.70. The molecule has 0 aromatic heterocycles. The summed E-state index contributed by atoms with van der Waals surface area (Å²) in [5.41, 5.74) is 5.11. The summed E-state index contributed by atoms with van der Waals surface area (Å²) >= 11 is 0. The van der Waals surface area contributed by atoms with Crippen molar-refractivity contribution >= 4 is 0 Å². The van der Waals surface area contributed by atoms with Crippen LogP contribution in [0, 0.1) is 0 Å². The first-order valence-corrected chi connectivity index (χ1v) is 3.36. The van der Waals surface area contributed by atoms with Crippen LogP contribution < -0.4 is 5.73 Å². The van der Waals surface area contributed by atoms with Gasteiger partial charge in [-0.25, -0.2) is 0 Å². The van der Waals surface area contributed by atoms with Crippen molar-refractivity contribution in [2.75, 3.05) is 19.6 Å². The molecule has 66 valence electrons.